The number of hydrogen-bond donors (Lipinski definition) is 1. The van der Waals surface area contributed by atoms with Crippen LogP contribution in [-0.2, 0) is 11.2 Å². The zero-order valence-electron chi connectivity index (χ0n) is 12.1. The predicted octanol–water partition coefficient (Wildman–Crippen LogP) is 1.99. The Bertz CT molecular complexity index is 423. The number of benzene rings is 1. The van der Waals surface area contributed by atoms with Crippen molar-refractivity contribution in [1.82, 2.24) is 10.2 Å². The Morgan fingerprint density at radius 3 is 2.47 bits per heavy atom. The molecule has 104 valence electrons. The van der Waals surface area contributed by atoms with E-state index in [2.05, 4.69) is 43.4 Å². The summed E-state index contributed by atoms with van der Waals surface area (Å²) in [5.74, 6) is 0.481. The van der Waals surface area contributed by atoms with Crippen LogP contribution in [0.1, 0.15) is 24.5 Å². The fourth-order valence-electron chi connectivity index (χ4n) is 2.48. The van der Waals surface area contributed by atoms with E-state index in [-0.39, 0.29) is 11.8 Å². The van der Waals surface area contributed by atoms with Crippen LogP contribution in [-0.4, -0.2) is 37.0 Å². The van der Waals surface area contributed by atoms with Crippen molar-refractivity contribution in [3.05, 3.63) is 35.4 Å². The number of carbonyl (C=O) groups is 1. The molecule has 1 atom stereocenters. The molecule has 0 saturated carbocycles. The molecule has 1 aromatic rings. The van der Waals surface area contributed by atoms with Gasteiger partial charge < -0.3 is 10.2 Å². The van der Waals surface area contributed by atoms with Crippen LogP contribution in [0.3, 0.4) is 0 Å². The zero-order valence-corrected chi connectivity index (χ0v) is 12.1. The second-order valence-electron chi connectivity index (χ2n) is 5.56. The smallest absolute Gasteiger partial charge is 0.228 e. The van der Waals surface area contributed by atoms with Gasteiger partial charge in [0.1, 0.15) is 0 Å². The number of aryl methyl sites for hydroxylation is 1. The Morgan fingerprint density at radius 2 is 2.00 bits per heavy atom. The first-order chi connectivity index (χ1) is 9.11. The standard InChI is InChI=1S/C16H24N2O/c1-4-15(9-13-7-5-12(2)6-8-13)18(3)16(19)14-10-17-11-14/h5-8,14-15,17H,4,9-11H2,1-3H3. The van der Waals surface area contributed by atoms with Crippen molar-refractivity contribution in [3.63, 3.8) is 0 Å². The van der Waals surface area contributed by atoms with E-state index in [9.17, 15) is 4.79 Å². The molecule has 1 aliphatic rings. The van der Waals surface area contributed by atoms with E-state index in [4.69, 9.17) is 0 Å². The van der Waals surface area contributed by atoms with Gasteiger partial charge in [0.05, 0.1) is 5.92 Å². The quantitative estimate of drug-likeness (QED) is 0.878. The highest BCUT2D eigenvalue weighted by Gasteiger charge is 2.30. The number of carbonyl (C=O) groups excluding carboxylic acids is 1. The van der Waals surface area contributed by atoms with E-state index < -0.39 is 0 Å². The fourth-order valence-corrected chi connectivity index (χ4v) is 2.48. The molecule has 3 heteroatoms. The first-order valence-electron chi connectivity index (χ1n) is 7.14. The molecule has 0 aromatic heterocycles. The lowest BCUT2D eigenvalue weighted by atomic mass is 9.97. The largest absolute Gasteiger partial charge is 0.342 e. The van der Waals surface area contributed by atoms with E-state index in [0.29, 0.717) is 6.04 Å². The van der Waals surface area contributed by atoms with Crippen molar-refractivity contribution < 1.29 is 4.79 Å². The summed E-state index contributed by atoms with van der Waals surface area (Å²) in [5.41, 5.74) is 2.59. The third-order valence-electron chi connectivity index (χ3n) is 4.09. The Labute approximate surface area is 116 Å². The van der Waals surface area contributed by atoms with Gasteiger partial charge in [-0.15, -0.1) is 0 Å². The molecule has 1 unspecified atom stereocenters. The molecule has 1 aliphatic heterocycles. The van der Waals surface area contributed by atoms with Gasteiger partial charge in [-0.1, -0.05) is 36.8 Å². The minimum Gasteiger partial charge on any atom is -0.342 e. The predicted molar refractivity (Wildman–Crippen MR) is 78.1 cm³/mol. The SMILES string of the molecule is CCC(Cc1ccc(C)cc1)N(C)C(=O)C1CNC1. The van der Waals surface area contributed by atoms with Gasteiger partial charge >= 0.3 is 0 Å². The highest BCUT2D eigenvalue weighted by Crippen LogP contribution is 2.16. The maximum Gasteiger partial charge on any atom is 0.228 e. The molecule has 1 N–H and O–H groups in total. The molecular weight excluding hydrogens is 236 g/mol. The minimum atomic E-state index is 0.192. The fraction of sp³-hybridized carbons (Fsp3) is 0.562. The van der Waals surface area contributed by atoms with Gasteiger partial charge in [-0.25, -0.2) is 0 Å². The summed E-state index contributed by atoms with van der Waals surface area (Å²) in [7, 11) is 1.95. The summed E-state index contributed by atoms with van der Waals surface area (Å²) >= 11 is 0. The van der Waals surface area contributed by atoms with Crippen LogP contribution < -0.4 is 5.32 Å². The summed E-state index contributed by atoms with van der Waals surface area (Å²) in [5, 5.41) is 3.16. The van der Waals surface area contributed by atoms with Crippen LogP contribution in [0, 0.1) is 12.8 Å². The van der Waals surface area contributed by atoms with Crippen LogP contribution in [0.4, 0.5) is 0 Å². The average molecular weight is 260 g/mol. The first-order valence-corrected chi connectivity index (χ1v) is 7.14. The number of amides is 1. The lowest BCUT2D eigenvalue weighted by molar-refractivity contribution is -0.137. The van der Waals surface area contributed by atoms with Crippen LogP contribution in [0.25, 0.3) is 0 Å². The van der Waals surface area contributed by atoms with Gasteiger partial charge in [-0.05, 0) is 25.3 Å². The number of rotatable bonds is 5. The molecular formula is C16H24N2O. The Kier molecular flexibility index (Phi) is 4.59. The van der Waals surface area contributed by atoms with Crippen LogP contribution in [0.2, 0.25) is 0 Å². The van der Waals surface area contributed by atoms with Gasteiger partial charge in [0.25, 0.3) is 0 Å². The maximum atomic E-state index is 12.3. The third kappa shape index (κ3) is 3.35. The topological polar surface area (TPSA) is 32.3 Å². The molecule has 1 fully saturated rings. The molecule has 0 bridgehead atoms. The van der Waals surface area contributed by atoms with E-state index in [1.807, 2.05) is 11.9 Å². The molecule has 1 heterocycles. The lowest BCUT2D eigenvalue weighted by Gasteiger charge is -2.34. The van der Waals surface area contributed by atoms with Gasteiger partial charge in [0, 0.05) is 26.2 Å². The molecule has 1 aromatic carbocycles. The molecule has 0 radical (unpaired) electrons. The summed E-state index contributed by atoms with van der Waals surface area (Å²) in [6, 6.07) is 8.91. The van der Waals surface area contributed by atoms with E-state index in [1.54, 1.807) is 0 Å². The lowest BCUT2D eigenvalue weighted by Crippen LogP contribution is -2.53. The number of likely N-dealkylation sites (N-methyl/N-ethyl adjacent to an activating group) is 1. The highest BCUT2D eigenvalue weighted by molar-refractivity contribution is 5.80. The van der Waals surface area contributed by atoms with Gasteiger partial charge in [-0.3, -0.25) is 4.79 Å². The summed E-state index contributed by atoms with van der Waals surface area (Å²) in [6.07, 6.45) is 1.94. The van der Waals surface area contributed by atoms with Gasteiger partial charge in [0.15, 0.2) is 0 Å². The van der Waals surface area contributed by atoms with Gasteiger partial charge in [-0.2, -0.15) is 0 Å². The normalized spacial score (nSPS) is 16.8. The summed E-state index contributed by atoms with van der Waals surface area (Å²) in [6.45, 7) is 5.93. The molecule has 19 heavy (non-hydrogen) atoms. The zero-order chi connectivity index (χ0) is 13.8. The second kappa shape index (κ2) is 6.20. The van der Waals surface area contributed by atoms with Crippen molar-refractivity contribution in [2.45, 2.75) is 32.7 Å². The monoisotopic (exact) mass is 260 g/mol. The highest BCUT2D eigenvalue weighted by atomic mass is 16.2. The molecule has 2 rings (SSSR count). The molecule has 1 saturated heterocycles. The van der Waals surface area contributed by atoms with Crippen LogP contribution >= 0.6 is 0 Å². The van der Waals surface area contributed by atoms with Crippen LogP contribution in [0.15, 0.2) is 24.3 Å². The summed E-state index contributed by atoms with van der Waals surface area (Å²) < 4.78 is 0. The Morgan fingerprint density at radius 1 is 1.37 bits per heavy atom. The molecule has 0 spiro atoms. The Balaban J connectivity index is 1.98. The third-order valence-corrected chi connectivity index (χ3v) is 4.09. The average Bonchev–Trinajstić information content (AvgIpc) is 2.35. The first kappa shape index (κ1) is 14.1. The van der Waals surface area contributed by atoms with Gasteiger partial charge in [0.2, 0.25) is 5.91 Å². The number of nitrogens with zero attached hydrogens (tertiary/aromatic N) is 1. The molecule has 0 aliphatic carbocycles. The minimum absolute atomic E-state index is 0.192. The van der Waals surface area contributed by atoms with Crippen LogP contribution in [0.5, 0.6) is 0 Å². The van der Waals surface area contributed by atoms with Crippen molar-refractivity contribution in [2.75, 3.05) is 20.1 Å². The van der Waals surface area contributed by atoms with Crippen molar-refractivity contribution in [3.8, 4) is 0 Å². The van der Waals surface area contributed by atoms with E-state index in [1.165, 1.54) is 11.1 Å². The molecule has 1 amide bonds. The Hall–Kier alpha value is -1.35. The number of nitrogens with one attached hydrogen (secondary N) is 1. The van der Waals surface area contributed by atoms with Crippen molar-refractivity contribution in [2.24, 2.45) is 5.92 Å². The maximum absolute atomic E-state index is 12.3. The van der Waals surface area contributed by atoms with E-state index in [0.717, 1.165) is 25.9 Å². The summed E-state index contributed by atoms with van der Waals surface area (Å²) in [4.78, 5) is 14.2. The second-order valence-corrected chi connectivity index (χ2v) is 5.56. The van der Waals surface area contributed by atoms with Crippen molar-refractivity contribution in [1.29, 1.82) is 0 Å². The van der Waals surface area contributed by atoms with E-state index >= 15 is 0 Å². The molecule has 3 nitrogen and oxygen atoms in total. The number of hydrogen-bond acceptors (Lipinski definition) is 2. The van der Waals surface area contributed by atoms with Crippen molar-refractivity contribution >= 4 is 5.91 Å².